The molecule has 3 aromatic rings. The fourth-order valence-corrected chi connectivity index (χ4v) is 7.89. The molecule has 0 unspecified atom stereocenters. The number of benzene rings is 1. The number of hydrogen-bond acceptors (Lipinski definition) is 7. The number of alkyl halides is 1. The van der Waals surface area contributed by atoms with Crippen molar-refractivity contribution in [3.8, 4) is 17.1 Å². The second kappa shape index (κ2) is 9.32. The second-order valence-electron chi connectivity index (χ2n) is 14.5. The highest BCUT2D eigenvalue weighted by atomic mass is 19.1. The first-order valence-corrected chi connectivity index (χ1v) is 15.4. The minimum Gasteiger partial charge on any atom is -0.464 e. The van der Waals surface area contributed by atoms with Crippen LogP contribution >= 0.6 is 0 Å². The molecule has 0 atom stereocenters. The number of rotatable bonds is 8. The Balaban J connectivity index is 1.15. The first-order chi connectivity index (χ1) is 20.0. The third-order valence-corrected chi connectivity index (χ3v) is 10.5. The predicted molar refractivity (Wildman–Crippen MR) is 156 cm³/mol. The molecular formula is C33H40FN5O3. The van der Waals surface area contributed by atoms with Crippen LogP contribution in [0.1, 0.15) is 97.2 Å². The molecule has 4 bridgehead atoms. The van der Waals surface area contributed by atoms with Gasteiger partial charge in [0, 0.05) is 41.0 Å². The smallest absolute Gasteiger partial charge is 0.316 e. The summed E-state index contributed by atoms with van der Waals surface area (Å²) in [4.78, 5) is 29.7. The molecule has 9 heteroatoms. The van der Waals surface area contributed by atoms with Gasteiger partial charge >= 0.3 is 6.01 Å². The quantitative estimate of drug-likeness (QED) is 0.295. The lowest BCUT2D eigenvalue weighted by molar-refractivity contribution is -0.211. The third-order valence-electron chi connectivity index (χ3n) is 10.5. The Morgan fingerprint density at radius 1 is 1.02 bits per heavy atom. The van der Waals surface area contributed by atoms with E-state index in [0.717, 1.165) is 61.2 Å². The monoisotopic (exact) mass is 573 g/mol. The van der Waals surface area contributed by atoms with Crippen LogP contribution in [0.5, 0.6) is 6.01 Å². The van der Waals surface area contributed by atoms with Gasteiger partial charge in [0.1, 0.15) is 5.67 Å². The molecule has 0 spiro atoms. The van der Waals surface area contributed by atoms with Gasteiger partial charge in [-0.3, -0.25) is 4.79 Å². The average Bonchev–Trinajstić information content (AvgIpc) is 3.48. The minimum absolute atomic E-state index is 0.0171. The minimum atomic E-state index is -1.13. The van der Waals surface area contributed by atoms with E-state index in [1.54, 1.807) is 12.4 Å². The number of fused-ring (bicyclic) bond motifs is 3. The molecule has 222 valence electrons. The molecule has 6 aliphatic carbocycles. The van der Waals surface area contributed by atoms with Crippen LogP contribution in [0.4, 0.5) is 10.1 Å². The highest BCUT2D eigenvalue weighted by Crippen LogP contribution is 2.70. The maximum absolute atomic E-state index is 14.6. The molecule has 0 radical (unpaired) electrons. The molecule has 9 rings (SSSR count). The van der Waals surface area contributed by atoms with E-state index in [1.807, 2.05) is 36.1 Å². The van der Waals surface area contributed by atoms with Gasteiger partial charge in [-0.15, -0.1) is 0 Å². The SMILES string of the molecule is CCOc1ncc(-c2cccc(N(CC34CCC(c5noc(C(C)(C)C)n5)(CC3)CC4)C(=O)C34CC(F)(C3)C4)c2)cn1. The van der Waals surface area contributed by atoms with Crippen molar-refractivity contribution in [3.05, 3.63) is 48.4 Å². The zero-order valence-corrected chi connectivity index (χ0v) is 25.1. The standard InChI is InChI=1S/C33H40FN5O3/c1-5-41-28-35-16-23(17-36-28)22-7-6-8-24(15-22)39(27(40)32-18-33(34,19-32)20-32)21-30-9-12-31(13-10-30,14-11-30)25-37-26(42-38-25)29(2,3)4/h6-8,15-17H,5,9-14,18-21H2,1-4H3. The molecule has 0 saturated heterocycles. The number of aromatic nitrogens is 4. The predicted octanol–water partition coefficient (Wildman–Crippen LogP) is 6.74. The van der Waals surface area contributed by atoms with Crippen molar-refractivity contribution >= 4 is 11.6 Å². The number of amides is 1. The van der Waals surface area contributed by atoms with Gasteiger partial charge in [-0.2, -0.15) is 4.98 Å². The van der Waals surface area contributed by atoms with Crippen molar-refractivity contribution < 1.29 is 18.4 Å². The van der Waals surface area contributed by atoms with Crippen molar-refractivity contribution in [1.82, 2.24) is 20.1 Å². The van der Waals surface area contributed by atoms with E-state index in [1.165, 1.54) is 0 Å². The third kappa shape index (κ3) is 4.42. The molecule has 0 N–H and O–H groups in total. The molecular weight excluding hydrogens is 533 g/mol. The van der Waals surface area contributed by atoms with Crippen LogP contribution in [0.2, 0.25) is 0 Å². The molecule has 2 aromatic heterocycles. The summed E-state index contributed by atoms with van der Waals surface area (Å²) in [5.74, 6) is 1.61. The van der Waals surface area contributed by atoms with E-state index < -0.39 is 11.1 Å². The zero-order chi connectivity index (χ0) is 29.4. The molecule has 1 amide bonds. The van der Waals surface area contributed by atoms with E-state index >= 15 is 0 Å². The van der Waals surface area contributed by atoms with Crippen molar-refractivity contribution in [2.24, 2.45) is 10.8 Å². The Morgan fingerprint density at radius 3 is 2.26 bits per heavy atom. The van der Waals surface area contributed by atoms with Crippen LogP contribution in [-0.4, -0.2) is 44.8 Å². The van der Waals surface area contributed by atoms with Crippen LogP contribution in [0.3, 0.4) is 0 Å². The zero-order valence-electron chi connectivity index (χ0n) is 25.1. The van der Waals surface area contributed by atoms with Crippen molar-refractivity contribution in [2.75, 3.05) is 18.1 Å². The summed E-state index contributed by atoms with van der Waals surface area (Å²) in [6.45, 7) is 9.32. The van der Waals surface area contributed by atoms with Crippen molar-refractivity contribution in [3.63, 3.8) is 0 Å². The lowest BCUT2D eigenvalue weighted by atomic mass is 9.41. The van der Waals surface area contributed by atoms with Crippen LogP contribution in [0.25, 0.3) is 11.1 Å². The number of nitrogens with zero attached hydrogens (tertiary/aromatic N) is 5. The lowest BCUT2D eigenvalue weighted by Gasteiger charge is -2.65. The van der Waals surface area contributed by atoms with E-state index in [9.17, 15) is 9.18 Å². The van der Waals surface area contributed by atoms with Gasteiger partial charge in [0.15, 0.2) is 5.82 Å². The summed E-state index contributed by atoms with van der Waals surface area (Å²) >= 11 is 0. The summed E-state index contributed by atoms with van der Waals surface area (Å²) in [7, 11) is 0. The first kappa shape index (κ1) is 27.5. The second-order valence-corrected chi connectivity index (χ2v) is 14.5. The molecule has 8 nitrogen and oxygen atoms in total. The summed E-state index contributed by atoms with van der Waals surface area (Å²) < 4.78 is 25.7. The van der Waals surface area contributed by atoms with Crippen LogP contribution in [0.15, 0.2) is 41.2 Å². The molecule has 6 fully saturated rings. The first-order valence-electron chi connectivity index (χ1n) is 15.4. The molecule has 42 heavy (non-hydrogen) atoms. The highest BCUT2D eigenvalue weighted by molar-refractivity contribution is 6.00. The maximum atomic E-state index is 14.6. The van der Waals surface area contributed by atoms with Gasteiger partial charge in [-0.1, -0.05) is 38.1 Å². The Kier molecular flexibility index (Phi) is 6.09. The van der Waals surface area contributed by atoms with Gasteiger partial charge in [-0.25, -0.2) is 14.4 Å². The van der Waals surface area contributed by atoms with E-state index in [4.69, 9.17) is 14.2 Å². The van der Waals surface area contributed by atoms with Gasteiger partial charge in [0.25, 0.3) is 0 Å². The molecule has 6 saturated carbocycles. The van der Waals surface area contributed by atoms with Gasteiger partial charge < -0.3 is 14.2 Å². The largest absolute Gasteiger partial charge is 0.464 e. The molecule has 6 aliphatic rings. The van der Waals surface area contributed by atoms with E-state index in [-0.39, 0.29) is 22.2 Å². The summed E-state index contributed by atoms with van der Waals surface area (Å²) in [5, 5.41) is 4.45. The normalized spacial score (nSPS) is 31.3. The number of hydrogen-bond donors (Lipinski definition) is 0. The topological polar surface area (TPSA) is 94.2 Å². The Hall–Kier alpha value is -3.36. The van der Waals surface area contributed by atoms with Crippen molar-refractivity contribution in [1.29, 1.82) is 0 Å². The van der Waals surface area contributed by atoms with E-state index in [2.05, 4.69) is 35.9 Å². The van der Waals surface area contributed by atoms with Crippen LogP contribution < -0.4 is 9.64 Å². The Labute approximate surface area is 246 Å². The fourth-order valence-electron chi connectivity index (χ4n) is 7.89. The Bertz CT molecular complexity index is 1470. The van der Waals surface area contributed by atoms with Crippen LogP contribution in [-0.2, 0) is 15.6 Å². The van der Waals surface area contributed by atoms with Crippen molar-refractivity contribution in [2.45, 2.75) is 102 Å². The number of carbonyl (C=O) groups excluding carboxylic acids is 1. The summed E-state index contributed by atoms with van der Waals surface area (Å²) in [6, 6.07) is 8.39. The van der Waals surface area contributed by atoms with Crippen LogP contribution in [0, 0.1) is 10.8 Å². The highest BCUT2D eigenvalue weighted by Gasteiger charge is 2.73. The number of anilines is 1. The van der Waals surface area contributed by atoms with E-state index in [0.29, 0.717) is 44.3 Å². The molecule has 0 aliphatic heterocycles. The average molecular weight is 574 g/mol. The fraction of sp³-hybridized carbons (Fsp3) is 0.606. The number of carbonyl (C=O) groups is 1. The number of ether oxygens (including phenoxy) is 1. The molecule has 2 heterocycles. The lowest BCUT2D eigenvalue weighted by Crippen LogP contribution is -2.71. The molecule has 1 aromatic carbocycles. The number of halogens is 1. The van der Waals surface area contributed by atoms with Gasteiger partial charge in [0.05, 0.1) is 12.0 Å². The maximum Gasteiger partial charge on any atom is 0.316 e. The Morgan fingerprint density at radius 2 is 1.69 bits per heavy atom. The summed E-state index contributed by atoms with van der Waals surface area (Å²) in [5.41, 5.74) is 0.750. The van der Waals surface area contributed by atoms with Gasteiger partial charge in [-0.05, 0) is 87.8 Å². The summed E-state index contributed by atoms with van der Waals surface area (Å²) in [6.07, 6.45) is 10.5. The van der Waals surface area contributed by atoms with Gasteiger partial charge in [0.2, 0.25) is 11.8 Å².